The zero-order chi connectivity index (χ0) is 20.5. The summed E-state index contributed by atoms with van der Waals surface area (Å²) >= 11 is 0. The number of fused-ring (bicyclic) bond motifs is 1. The van der Waals surface area contributed by atoms with Crippen molar-refractivity contribution in [3.8, 4) is 23.8 Å². The molecule has 0 bridgehead atoms. The number of ether oxygens (including phenoxy) is 4. The SMILES string of the molecule is C#Cc1cccc(Nc2ncnc3ccc(OCCOC)c(OCCOC)c23)c1. The maximum atomic E-state index is 6.00. The van der Waals surface area contributed by atoms with E-state index >= 15 is 0 Å². The number of hydrogen-bond acceptors (Lipinski definition) is 7. The third-order valence-electron chi connectivity index (χ3n) is 4.09. The molecule has 0 aliphatic heterocycles. The molecule has 1 N–H and O–H groups in total. The number of aromatic nitrogens is 2. The molecule has 29 heavy (non-hydrogen) atoms. The Morgan fingerprint density at radius 3 is 2.52 bits per heavy atom. The molecule has 1 aromatic heterocycles. The molecule has 150 valence electrons. The largest absolute Gasteiger partial charge is 0.487 e. The first-order valence-electron chi connectivity index (χ1n) is 9.11. The first-order valence-corrected chi connectivity index (χ1v) is 9.11. The molecule has 0 atom stereocenters. The third kappa shape index (κ3) is 5.13. The van der Waals surface area contributed by atoms with Crippen LogP contribution in [0.5, 0.6) is 11.5 Å². The molecule has 0 spiro atoms. The zero-order valence-electron chi connectivity index (χ0n) is 16.5. The fourth-order valence-corrected chi connectivity index (χ4v) is 2.74. The first kappa shape index (κ1) is 20.4. The van der Waals surface area contributed by atoms with Crippen LogP contribution >= 0.6 is 0 Å². The molecule has 0 saturated heterocycles. The van der Waals surface area contributed by atoms with Gasteiger partial charge in [-0.05, 0) is 30.3 Å². The Morgan fingerprint density at radius 1 is 0.966 bits per heavy atom. The number of nitrogens with zero attached hydrogens (tertiary/aromatic N) is 2. The number of benzene rings is 2. The van der Waals surface area contributed by atoms with E-state index in [-0.39, 0.29) is 0 Å². The maximum Gasteiger partial charge on any atom is 0.174 e. The Labute approximate surface area is 170 Å². The van der Waals surface area contributed by atoms with Crippen LogP contribution in [0, 0.1) is 12.3 Å². The summed E-state index contributed by atoms with van der Waals surface area (Å²) in [5.41, 5.74) is 2.31. The van der Waals surface area contributed by atoms with E-state index < -0.39 is 0 Å². The molecule has 0 fully saturated rings. The topological polar surface area (TPSA) is 74.7 Å². The number of hydrogen-bond donors (Lipinski definition) is 1. The van der Waals surface area contributed by atoms with Crippen molar-refractivity contribution in [1.82, 2.24) is 9.97 Å². The third-order valence-corrected chi connectivity index (χ3v) is 4.09. The van der Waals surface area contributed by atoms with Crippen molar-refractivity contribution in [3.05, 3.63) is 48.3 Å². The summed E-state index contributed by atoms with van der Waals surface area (Å²) in [7, 11) is 3.25. The van der Waals surface area contributed by atoms with E-state index in [9.17, 15) is 0 Å². The molecule has 1 heterocycles. The first-order chi connectivity index (χ1) is 14.3. The number of terminal acetylenes is 1. The number of anilines is 2. The Balaban J connectivity index is 2.03. The Bertz CT molecular complexity index is 1000. The quantitative estimate of drug-likeness (QED) is 0.418. The van der Waals surface area contributed by atoms with Crippen molar-refractivity contribution in [2.24, 2.45) is 0 Å². The molecule has 3 rings (SSSR count). The monoisotopic (exact) mass is 393 g/mol. The van der Waals surface area contributed by atoms with Crippen molar-refractivity contribution >= 4 is 22.4 Å². The van der Waals surface area contributed by atoms with Crippen LogP contribution in [0.15, 0.2) is 42.7 Å². The van der Waals surface area contributed by atoms with Gasteiger partial charge in [-0.15, -0.1) is 6.42 Å². The average Bonchev–Trinajstić information content (AvgIpc) is 2.75. The summed E-state index contributed by atoms with van der Waals surface area (Å²) in [6.07, 6.45) is 7.01. The summed E-state index contributed by atoms with van der Waals surface area (Å²) in [5, 5.41) is 4.02. The van der Waals surface area contributed by atoms with Crippen molar-refractivity contribution in [1.29, 1.82) is 0 Å². The van der Waals surface area contributed by atoms with Gasteiger partial charge in [0.05, 0.1) is 24.1 Å². The Kier molecular flexibility index (Phi) is 7.22. The fourth-order valence-electron chi connectivity index (χ4n) is 2.74. The maximum absolute atomic E-state index is 6.00. The van der Waals surface area contributed by atoms with Crippen LogP contribution in [-0.4, -0.2) is 50.6 Å². The molecular weight excluding hydrogens is 370 g/mol. The minimum Gasteiger partial charge on any atom is -0.487 e. The van der Waals surface area contributed by atoms with Gasteiger partial charge in [0.15, 0.2) is 11.5 Å². The molecule has 0 amide bonds. The van der Waals surface area contributed by atoms with Crippen LogP contribution in [0.25, 0.3) is 10.9 Å². The summed E-state index contributed by atoms with van der Waals surface area (Å²) < 4.78 is 22.0. The highest BCUT2D eigenvalue weighted by Gasteiger charge is 2.16. The van der Waals surface area contributed by atoms with Gasteiger partial charge < -0.3 is 24.3 Å². The van der Waals surface area contributed by atoms with Crippen molar-refractivity contribution < 1.29 is 18.9 Å². The molecular formula is C22H23N3O4. The van der Waals surface area contributed by atoms with Crippen LogP contribution in [0.1, 0.15) is 5.56 Å². The second-order valence-electron chi connectivity index (χ2n) is 6.04. The summed E-state index contributed by atoms with van der Waals surface area (Å²) in [4.78, 5) is 8.79. The fraction of sp³-hybridized carbons (Fsp3) is 0.273. The number of rotatable bonds is 10. The smallest absolute Gasteiger partial charge is 0.174 e. The van der Waals surface area contributed by atoms with Crippen LogP contribution in [-0.2, 0) is 9.47 Å². The van der Waals surface area contributed by atoms with E-state index in [4.69, 9.17) is 25.4 Å². The molecule has 7 nitrogen and oxygen atoms in total. The second kappa shape index (κ2) is 10.3. The van der Waals surface area contributed by atoms with Gasteiger partial charge in [0.25, 0.3) is 0 Å². The molecule has 3 aromatic rings. The van der Waals surface area contributed by atoms with Gasteiger partial charge >= 0.3 is 0 Å². The molecule has 0 aliphatic rings. The molecule has 2 aromatic carbocycles. The Morgan fingerprint density at radius 2 is 1.76 bits per heavy atom. The highest BCUT2D eigenvalue weighted by Crippen LogP contribution is 2.39. The molecule has 0 aliphatic carbocycles. The Hall–Kier alpha value is -3.34. The summed E-state index contributed by atoms with van der Waals surface area (Å²) in [5.74, 6) is 4.35. The van der Waals surface area contributed by atoms with E-state index in [0.29, 0.717) is 49.1 Å². The second-order valence-corrected chi connectivity index (χ2v) is 6.04. The number of nitrogens with one attached hydrogen (secondary N) is 1. The van der Waals surface area contributed by atoms with Crippen LogP contribution < -0.4 is 14.8 Å². The lowest BCUT2D eigenvalue weighted by Crippen LogP contribution is -2.09. The van der Waals surface area contributed by atoms with Gasteiger partial charge in [0.1, 0.15) is 25.4 Å². The molecule has 7 heteroatoms. The molecule has 0 saturated carbocycles. The van der Waals surface area contributed by atoms with Crippen molar-refractivity contribution in [3.63, 3.8) is 0 Å². The van der Waals surface area contributed by atoms with E-state index in [1.165, 1.54) is 6.33 Å². The predicted molar refractivity (Wildman–Crippen MR) is 112 cm³/mol. The van der Waals surface area contributed by atoms with Gasteiger partial charge in [-0.1, -0.05) is 12.0 Å². The molecule has 0 radical (unpaired) electrons. The van der Waals surface area contributed by atoms with Crippen LogP contribution in [0.3, 0.4) is 0 Å². The van der Waals surface area contributed by atoms with Gasteiger partial charge in [-0.2, -0.15) is 0 Å². The highest BCUT2D eigenvalue weighted by atomic mass is 16.5. The van der Waals surface area contributed by atoms with E-state index in [1.54, 1.807) is 14.2 Å². The molecule has 0 unspecified atom stereocenters. The lowest BCUT2D eigenvalue weighted by atomic mass is 10.1. The number of methoxy groups -OCH3 is 2. The van der Waals surface area contributed by atoms with E-state index in [1.807, 2.05) is 36.4 Å². The summed E-state index contributed by atoms with van der Waals surface area (Å²) in [6.45, 7) is 1.65. The predicted octanol–water partition coefficient (Wildman–Crippen LogP) is 3.41. The standard InChI is InChI=1S/C22H23N3O4/c1-4-16-6-5-7-17(14-16)25-22-20-18(23-15-24-22)8-9-19(28-12-10-26-2)21(20)29-13-11-27-3/h1,5-9,14-15H,10-13H2,2-3H3,(H,23,24,25). The van der Waals surface area contributed by atoms with Crippen molar-refractivity contribution in [2.45, 2.75) is 0 Å². The lowest BCUT2D eigenvalue weighted by molar-refractivity contribution is 0.133. The zero-order valence-corrected chi connectivity index (χ0v) is 16.5. The van der Waals surface area contributed by atoms with Crippen molar-refractivity contribution in [2.75, 3.05) is 46.0 Å². The average molecular weight is 393 g/mol. The van der Waals surface area contributed by atoms with Gasteiger partial charge in [-0.25, -0.2) is 9.97 Å². The van der Waals surface area contributed by atoms with Gasteiger partial charge in [-0.3, -0.25) is 0 Å². The minimum atomic E-state index is 0.358. The van der Waals surface area contributed by atoms with Crippen LogP contribution in [0.2, 0.25) is 0 Å². The van der Waals surface area contributed by atoms with Gasteiger partial charge in [0, 0.05) is 25.5 Å². The normalized spacial score (nSPS) is 10.5. The van der Waals surface area contributed by atoms with E-state index in [0.717, 1.165) is 16.8 Å². The summed E-state index contributed by atoms with van der Waals surface area (Å²) in [6, 6.07) is 11.2. The highest BCUT2D eigenvalue weighted by molar-refractivity contribution is 5.97. The lowest BCUT2D eigenvalue weighted by Gasteiger charge is -2.17. The minimum absolute atomic E-state index is 0.358. The van der Waals surface area contributed by atoms with Gasteiger partial charge in [0.2, 0.25) is 0 Å². The van der Waals surface area contributed by atoms with Crippen LogP contribution in [0.4, 0.5) is 11.5 Å². The van der Waals surface area contributed by atoms with E-state index in [2.05, 4.69) is 21.2 Å².